The molecule has 0 aliphatic carbocycles. The van der Waals surface area contributed by atoms with Crippen LogP contribution >= 0.6 is 0 Å². The normalized spacial score (nSPS) is 21.1. The highest BCUT2D eigenvalue weighted by molar-refractivity contribution is 5.77. The highest BCUT2D eigenvalue weighted by atomic mass is 16.5. The van der Waals surface area contributed by atoms with Crippen molar-refractivity contribution in [3.05, 3.63) is 42.0 Å². The lowest BCUT2D eigenvalue weighted by atomic mass is 10.2. The number of pyridine rings is 1. The van der Waals surface area contributed by atoms with Crippen LogP contribution in [0.5, 0.6) is 0 Å². The van der Waals surface area contributed by atoms with E-state index in [0.29, 0.717) is 0 Å². The second-order valence-electron chi connectivity index (χ2n) is 6.12. The Kier molecular flexibility index (Phi) is 5.17. The molecule has 24 heavy (non-hydrogen) atoms. The highest BCUT2D eigenvalue weighted by Gasteiger charge is 2.35. The van der Waals surface area contributed by atoms with Crippen molar-refractivity contribution < 1.29 is 9.53 Å². The van der Waals surface area contributed by atoms with E-state index in [1.807, 2.05) is 30.2 Å². The summed E-state index contributed by atoms with van der Waals surface area (Å²) in [5.41, 5.74) is 2.31. The Morgan fingerprint density at radius 1 is 1.42 bits per heavy atom. The number of aromatic nitrogens is 4. The van der Waals surface area contributed by atoms with Crippen LogP contribution in [0.1, 0.15) is 17.2 Å². The fourth-order valence-electron chi connectivity index (χ4n) is 3.14. The maximum atomic E-state index is 11.9. The first kappa shape index (κ1) is 16.5. The average Bonchev–Trinajstić information content (AvgIpc) is 3.17. The number of ether oxygens (including phenoxy) is 1. The molecule has 2 aromatic heterocycles. The highest BCUT2D eigenvalue weighted by Crippen LogP contribution is 2.23. The van der Waals surface area contributed by atoms with Crippen LogP contribution in [-0.4, -0.2) is 63.6 Å². The minimum absolute atomic E-state index is 0.0351. The zero-order valence-corrected chi connectivity index (χ0v) is 13.9. The third kappa shape index (κ3) is 3.95. The van der Waals surface area contributed by atoms with E-state index in [1.165, 1.54) is 7.11 Å². The van der Waals surface area contributed by atoms with Crippen molar-refractivity contribution in [1.29, 1.82) is 0 Å². The van der Waals surface area contributed by atoms with Crippen LogP contribution in [0.3, 0.4) is 0 Å². The van der Waals surface area contributed by atoms with Gasteiger partial charge in [0.15, 0.2) is 0 Å². The van der Waals surface area contributed by atoms with E-state index < -0.39 is 0 Å². The molecule has 1 aliphatic rings. The molecule has 0 bridgehead atoms. The third-order valence-electron chi connectivity index (χ3n) is 4.10. The maximum Gasteiger partial charge on any atom is 0.246 e. The molecule has 0 unspecified atom stereocenters. The molecule has 0 saturated carbocycles. The molecule has 1 aliphatic heterocycles. The number of hydrogen-bond donors (Lipinski definition) is 1. The Morgan fingerprint density at radius 3 is 3.00 bits per heavy atom. The van der Waals surface area contributed by atoms with Crippen molar-refractivity contribution in [2.75, 3.05) is 26.8 Å². The number of methoxy groups -OCH3 is 1. The number of hydrogen-bond acceptors (Lipinski definition) is 6. The van der Waals surface area contributed by atoms with Crippen molar-refractivity contribution in [2.24, 2.45) is 0 Å². The van der Waals surface area contributed by atoms with Crippen molar-refractivity contribution in [2.45, 2.75) is 25.6 Å². The Morgan fingerprint density at radius 2 is 2.29 bits per heavy atom. The van der Waals surface area contributed by atoms with E-state index in [9.17, 15) is 4.79 Å². The number of nitrogens with zero attached hydrogens (tertiary/aromatic N) is 5. The van der Waals surface area contributed by atoms with Gasteiger partial charge in [-0.1, -0.05) is 11.3 Å². The number of nitrogens with one attached hydrogen (secondary N) is 1. The van der Waals surface area contributed by atoms with Crippen molar-refractivity contribution >= 4 is 5.91 Å². The van der Waals surface area contributed by atoms with Gasteiger partial charge in [0.2, 0.25) is 5.91 Å². The molecule has 3 rings (SSSR count). The molecule has 2 aromatic rings. The quantitative estimate of drug-likeness (QED) is 0.813. The van der Waals surface area contributed by atoms with Gasteiger partial charge in [-0.05, 0) is 18.1 Å². The summed E-state index contributed by atoms with van der Waals surface area (Å²) >= 11 is 0. The van der Waals surface area contributed by atoms with Crippen LogP contribution in [0.15, 0.2) is 30.9 Å². The first-order valence-corrected chi connectivity index (χ1v) is 7.92. The van der Waals surface area contributed by atoms with E-state index in [1.54, 1.807) is 6.20 Å². The largest absolute Gasteiger partial charge is 0.375 e. The molecule has 1 fully saturated rings. The Balaban J connectivity index is 1.71. The first-order chi connectivity index (χ1) is 11.7. The van der Waals surface area contributed by atoms with E-state index in [0.717, 1.165) is 30.8 Å². The van der Waals surface area contributed by atoms with Crippen LogP contribution in [0, 0.1) is 6.92 Å². The van der Waals surface area contributed by atoms with Gasteiger partial charge in [0.25, 0.3) is 0 Å². The number of likely N-dealkylation sites (tertiary alicyclic amines) is 1. The molecule has 128 valence electrons. The third-order valence-corrected chi connectivity index (χ3v) is 4.10. The second kappa shape index (κ2) is 7.50. The van der Waals surface area contributed by atoms with Gasteiger partial charge in [-0.15, -0.1) is 5.10 Å². The Labute approximate surface area is 140 Å². The number of aryl methyl sites for hydroxylation is 1. The molecule has 8 nitrogen and oxygen atoms in total. The van der Waals surface area contributed by atoms with Gasteiger partial charge in [-0.3, -0.25) is 14.7 Å². The Hall–Kier alpha value is -2.32. The summed E-state index contributed by atoms with van der Waals surface area (Å²) in [4.78, 5) is 18.5. The lowest BCUT2D eigenvalue weighted by Gasteiger charge is -2.19. The lowest BCUT2D eigenvalue weighted by Crippen LogP contribution is -2.43. The molecular weight excluding hydrogens is 308 g/mol. The summed E-state index contributed by atoms with van der Waals surface area (Å²) in [6, 6.07) is 2.15. The molecule has 0 aromatic carbocycles. The van der Waals surface area contributed by atoms with Gasteiger partial charge in [-0.25, -0.2) is 4.68 Å². The van der Waals surface area contributed by atoms with E-state index in [-0.39, 0.29) is 24.6 Å². The summed E-state index contributed by atoms with van der Waals surface area (Å²) in [6.45, 7) is 4.41. The summed E-state index contributed by atoms with van der Waals surface area (Å²) < 4.78 is 6.72. The molecule has 8 heteroatoms. The molecule has 1 saturated heterocycles. The van der Waals surface area contributed by atoms with Crippen LogP contribution in [-0.2, 0) is 16.1 Å². The number of amides is 1. The Bertz CT molecular complexity index is 675. The minimum atomic E-state index is -0.119. The molecule has 0 spiro atoms. The van der Waals surface area contributed by atoms with Crippen LogP contribution in [0.2, 0.25) is 0 Å². The molecule has 2 atom stereocenters. The van der Waals surface area contributed by atoms with E-state index >= 15 is 0 Å². The topological polar surface area (TPSA) is 85.2 Å². The first-order valence-electron chi connectivity index (χ1n) is 7.92. The molecule has 1 amide bonds. The second-order valence-corrected chi connectivity index (χ2v) is 6.12. The minimum Gasteiger partial charge on any atom is -0.375 e. The fraction of sp³-hybridized carbons (Fsp3) is 0.500. The molecule has 1 N–H and O–H groups in total. The van der Waals surface area contributed by atoms with Crippen molar-refractivity contribution in [3.8, 4) is 0 Å². The lowest BCUT2D eigenvalue weighted by molar-refractivity contribution is -0.125. The van der Waals surface area contributed by atoms with Gasteiger partial charge in [-0.2, -0.15) is 0 Å². The summed E-state index contributed by atoms with van der Waals surface area (Å²) in [5, 5.41) is 11.0. The summed E-state index contributed by atoms with van der Waals surface area (Å²) in [5.74, 6) is -0.119. The van der Waals surface area contributed by atoms with Gasteiger partial charge >= 0.3 is 0 Å². The van der Waals surface area contributed by atoms with Crippen LogP contribution in [0.25, 0.3) is 0 Å². The number of carbonyl (C=O) groups excluding carboxylic acids is 1. The summed E-state index contributed by atoms with van der Waals surface area (Å²) in [7, 11) is 1.51. The van der Waals surface area contributed by atoms with Crippen LogP contribution < -0.4 is 5.32 Å². The molecule has 3 heterocycles. The van der Waals surface area contributed by atoms with Crippen molar-refractivity contribution in [1.82, 2.24) is 30.2 Å². The van der Waals surface area contributed by atoms with E-state index in [2.05, 4.69) is 31.6 Å². The zero-order valence-electron chi connectivity index (χ0n) is 13.9. The van der Waals surface area contributed by atoms with Gasteiger partial charge in [0, 0.05) is 45.3 Å². The standard InChI is InChI=1S/C16H22N6O2/c1-12-5-13(7-17-6-12)8-21-9-14(19-16(23)11-24-2)15(10-21)22-4-3-18-20-22/h3-7,14-15H,8-11H2,1-2H3,(H,19,23)/t14-,15+/m1/s1. The predicted octanol–water partition coefficient (Wildman–Crippen LogP) is 0.170. The predicted molar refractivity (Wildman–Crippen MR) is 87.1 cm³/mol. The van der Waals surface area contributed by atoms with Gasteiger partial charge in [0.1, 0.15) is 6.61 Å². The molecule has 0 radical (unpaired) electrons. The fourth-order valence-corrected chi connectivity index (χ4v) is 3.14. The molecular formula is C16H22N6O2. The maximum absolute atomic E-state index is 11.9. The van der Waals surface area contributed by atoms with Gasteiger partial charge < -0.3 is 10.1 Å². The monoisotopic (exact) mass is 330 g/mol. The SMILES string of the molecule is COCC(=O)N[C@@H]1CN(Cc2cncc(C)c2)C[C@@H]1n1ccnn1. The van der Waals surface area contributed by atoms with Crippen LogP contribution in [0.4, 0.5) is 0 Å². The van der Waals surface area contributed by atoms with E-state index in [4.69, 9.17) is 4.74 Å². The zero-order chi connectivity index (χ0) is 16.9. The number of rotatable bonds is 6. The van der Waals surface area contributed by atoms with Crippen molar-refractivity contribution in [3.63, 3.8) is 0 Å². The average molecular weight is 330 g/mol. The van der Waals surface area contributed by atoms with Gasteiger partial charge in [0.05, 0.1) is 18.3 Å². The smallest absolute Gasteiger partial charge is 0.246 e. The summed E-state index contributed by atoms with van der Waals surface area (Å²) in [6.07, 6.45) is 7.22. The number of carbonyl (C=O) groups is 1.